The number of carbonyl (C=O) groups excluding carboxylic acids is 2. The standard InChI is InChI=1S/C19H23F2N5O2/c1-10(2)6-17(27)23-13-8-16(18-22-11(3)24-25-18)26(9-13)19(28)14-5-4-12(20)7-15(14)21/h4-5,7,10,13,16H,6,8-9H2,1-3H3,(H,23,27)(H,22,24,25)/t13-,16-/m0/s1. The Morgan fingerprint density at radius 3 is 2.71 bits per heavy atom. The maximum Gasteiger partial charge on any atom is 0.257 e. The van der Waals surface area contributed by atoms with E-state index < -0.39 is 23.6 Å². The Kier molecular flexibility index (Phi) is 5.71. The van der Waals surface area contributed by atoms with Crippen LogP contribution < -0.4 is 5.32 Å². The van der Waals surface area contributed by atoms with Crippen LogP contribution in [0, 0.1) is 24.5 Å². The number of nitrogens with zero attached hydrogens (tertiary/aromatic N) is 3. The molecule has 2 atom stereocenters. The third kappa shape index (κ3) is 4.35. The topological polar surface area (TPSA) is 91.0 Å². The number of likely N-dealkylation sites (tertiary alicyclic amines) is 1. The highest BCUT2D eigenvalue weighted by molar-refractivity contribution is 5.95. The third-order valence-corrected chi connectivity index (χ3v) is 4.59. The lowest BCUT2D eigenvalue weighted by molar-refractivity contribution is -0.122. The van der Waals surface area contributed by atoms with E-state index >= 15 is 0 Å². The van der Waals surface area contributed by atoms with Crippen molar-refractivity contribution >= 4 is 11.8 Å². The highest BCUT2D eigenvalue weighted by Crippen LogP contribution is 2.32. The van der Waals surface area contributed by atoms with E-state index in [0.29, 0.717) is 30.6 Å². The largest absolute Gasteiger partial charge is 0.351 e. The van der Waals surface area contributed by atoms with Gasteiger partial charge in [-0.05, 0) is 31.4 Å². The van der Waals surface area contributed by atoms with Crippen molar-refractivity contribution in [2.24, 2.45) is 5.92 Å². The van der Waals surface area contributed by atoms with Crippen LogP contribution in [0.15, 0.2) is 18.2 Å². The van der Waals surface area contributed by atoms with Crippen LogP contribution in [0.3, 0.4) is 0 Å². The van der Waals surface area contributed by atoms with E-state index in [2.05, 4.69) is 20.5 Å². The molecule has 1 aliphatic heterocycles. The van der Waals surface area contributed by atoms with Crippen LogP contribution in [0.1, 0.15) is 54.7 Å². The van der Waals surface area contributed by atoms with Crippen molar-refractivity contribution in [3.63, 3.8) is 0 Å². The lowest BCUT2D eigenvalue weighted by Gasteiger charge is -2.22. The maximum atomic E-state index is 14.1. The molecule has 1 aromatic carbocycles. The number of rotatable bonds is 5. The molecule has 0 unspecified atom stereocenters. The molecule has 150 valence electrons. The summed E-state index contributed by atoms with van der Waals surface area (Å²) in [6, 6.07) is 2.02. The first-order chi connectivity index (χ1) is 13.2. The Hall–Kier alpha value is -2.84. The van der Waals surface area contributed by atoms with E-state index in [1.165, 1.54) is 4.90 Å². The second-order valence-corrected chi connectivity index (χ2v) is 7.47. The van der Waals surface area contributed by atoms with Gasteiger partial charge in [0.15, 0.2) is 5.82 Å². The van der Waals surface area contributed by atoms with E-state index in [1.54, 1.807) is 6.92 Å². The van der Waals surface area contributed by atoms with Crippen molar-refractivity contribution in [3.8, 4) is 0 Å². The minimum absolute atomic E-state index is 0.104. The summed E-state index contributed by atoms with van der Waals surface area (Å²) in [4.78, 5) is 30.8. The average Bonchev–Trinajstić information content (AvgIpc) is 3.19. The Bertz CT molecular complexity index is 883. The van der Waals surface area contributed by atoms with Crippen molar-refractivity contribution in [2.75, 3.05) is 6.54 Å². The van der Waals surface area contributed by atoms with Gasteiger partial charge in [0.05, 0.1) is 11.6 Å². The molecule has 28 heavy (non-hydrogen) atoms. The summed E-state index contributed by atoms with van der Waals surface area (Å²) in [5, 5.41) is 9.79. The molecule has 1 fully saturated rings. The Labute approximate surface area is 161 Å². The molecule has 1 saturated heterocycles. The van der Waals surface area contributed by atoms with Crippen LogP contribution in [-0.2, 0) is 4.79 Å². The Morgan fingerprint density at radius 2 is 2.11 bits per heavy atom. The van der Waals surface area contributed by atoms with Crippen molar-refractivity contribution < 1.29 is 18.4 Å². The monoisotopic (exact) mass is 391 g/mol. The number of H-pyrrole nitrogens is 1. The fraction of sp³-hybridized carbons (Fsp3) is 0.474. The fourth-order valence-corrected chi connectivity index (χ4v) is 3.39. The number of hydrogen-bond donors (Lipinski definition) is 2. The molecule has 2 amide bonds. The summed E-state index contributed by atoms with van der Waals surface area (Å²) in [5.74, 6) is -1.19. The van der Waals surface area contributed by atoms with Crippen molar-refractivity contribution in [1.29, 1.82) is 0 Å². The van der Waals surface area contributed by atoms with Gasteiger partial charge in [0, 0.05) is 25.1 Å². The average molecular weight is 391 g/mol. The van der Waals surface area contributed by atoms with E-state index in [9.17, 15) is 18.4 Å². The molecule has 1 aromatic heterocycles. The van der Waals surface area contributed by atoms with Gasteiger partial charge < -0.3 is 10.2 Å². The number of aromatic amines is 1. The van der Waals surface area contributed by atoms with Crippen LogP contribution in [0.4, 0.5) is 8.78 Å². The Morgan fingerprint density at radius 1 is 1.36 bits per heavy atom. The molecule has 2 heterocycles. The summed E-state index contributed by atoms with van der Waals surface area (Å²) in [7, 11) is 0. The highest BCUT2D eigenvalue weighted by Gasteiger charge is 2.40. The number of aromatic nitrogens is 3. The molecular weight excluding hydrogens is 368 g/mol. The number of carbonyl (C=O) groups is 2. The molecule has 0 bridgehead atoms. The van der Waals surface area contributed by atoms with Gasteiger partial charge in [-0.2, -0.15) is 5.10 Å². The molecule has 0 aliphatic carbocycles. The van der Waals surface area contributed by atoms with Crippen molar-refractivity contribution in [1.82, 2.24) is 25.4 Å². The lowest BCUT2D eigenvalue weighted by Crippen LogP contribution is -2.39. The summed E-state index contributed by atoms with van der Waals surface area (Å²) in [6.07, 6.45) is 0.789. The van der Waals surface area contributed by atoms with E-state index in [-0.39, 0.29) is 30.0 Å². The molecule has 2 N–H and O–H groups in total. The summed E-state index contributed by atoms with van der Waals surface area (Å²) >= 11 is 0. The summed E-state index contributed by atoms with van der Waals surface area (Å²) < 4.78 is 27.3. The van der Waals surface area contributed by atoms with Gasteiger partial charge in [-0.1, -0.05) is 13.8 Å². The molecule has 9 heteroatoms. The van der Waals surface area contributed by atoms with Crippen LogP contribution in [0.25, 0.3) is 0 Å². The lowest BCUT2D eigenvalue weighted by atomic mass is 10.1. The predicted octanol–water partition coefficient (Wildman–Crippen LogP) is 2.51. The number of nitrogens with one attached hydrogen (secondary N) is 2. The van der Waals surface area contributed by atoms with Crippen LogP contribution >= 0.6 is 0 Å². The first-order valence-electron chi connectivity index (χ1n) is 9.19. The van der Waals surface area contributed by atoms with Gasteiger partial charge in [0.2, 0.25) is 5.91 Å². The molecule has 0 radical (unpaired) electrons. The maximum absolute atomic E-state index is 14.1. The number of hydrogen-bond acceptors (Lipinski definition) is 4. The molecule has 2 aromatic rings. The Balaban J connectivity index is 1.85. The van der Waals surface area contributed by atoms with Gasteiger partial charge in [0.25, 0.3) is 5.91 Å². The van der Waals surface area contributed by atoms with Crippen molar-refractivity contribution in [2.45, 2.75) is 45.7 Å². The molecule has 3 rings (SSSR count). The predicted molar refractivity (Wildman–Crippen MR) is 97.3 cm³/mol. The fourth-order valence-electron chi connectivity index (χ4n) is 3.39. The van der Waals surface area contributed by atoms with E-state index in [0.717, 1.165) is 12.1 Å². The summed E-state index contributed by atoms with van der Waals surface area (Å²) in [5.41, 5.74) is -0.229. The molecule has 0 saturated carbocycles. The minimum atomic E-state index is -0.929. The SMILES string of the molecule is Cc1nc([C@@H]2C[C@H](NC(=O)CC(C)C)CN2C(=O)c2ccc(F)cc2F)n[nH]1. The van der Waals surface area contributed by atoms with E-state index in [1.807, 2.05) is 13.8 Å². The number of benzene rings is 1. The molecule has 1 aliphatic rings. The minimum Gasteiger partial charge on any atom is -0.351 e. The number of aryl methyl sites for hydroxylation is 1. The van der Waals surface area contributed by atoms with Crippen LogP contribution in [0.2, 0.25) is 0 Å². The van der Waals surface area contributed by atoms with Gasteiger partial charge in [0.1, 0.15) is 17.5 Å². The number of halogens is 2. The van der Waals surface area contributed by atoms with E-state index in [4.69, 9.17) is 0 Å². The van der Waals surface area contributed by atoms with Crippen molar-refractivity contribution in [3.05, 3.63) is 47.0 Å². The summed E-state index contributed by atoms with van der Waals surface area (Å²) in [6.45, 7) is 5.82. The second kappa shape index (κ2) is 8.04. The quantitative estimate of drug-likeness (QED) is 0.819. The number of amides is 2. The zero-order valence-corrected chi connectivity index (χ0v) is 16.0. The molecule has 7 nitrogen and oxygen atoms in total. The van der Waals surface area contributed by atoms with Crippen LogP contribution in [0.5, 0.6) is 0 Å². The first-order valence-corrected chi connectivity index (χ1v) is 9.19. The third-order valence-electron chi connectivity index (χ3n) is 4.59. The molecule has 0 spiro atoms. The normalized spacial score (nSPS) is 19.3. The van der Waals surface area contributed by atoms with Gasteiger partial charge in [-0.15, -0.1) is 0 Å². The van der Waals surface area contributed by atoms with Crippen LogP contribution in [-0.4, -0.2) is 44.5 Å². The zero-order valence-electron chi connectivity index (χ0n) is 16.0. The zero-order chi connectivity index (χ0) is 20.4. The first kappa shape index (κ1) is 19.9. The smallest absolute Gasteiger partial charge is 0.257 e. The van der Waals surface area contributed by atoms with Gasteiger partial charge in [-0.3, -0.25) is 14.7 Å². The second-order valence-electron chi connectivity index (χ2n) is 7.47. The van der Waals surface area contributed by atoms with Gasteiger partial charge >= 0.3 is 0 Å². The van der Waals surface area contributed by atoms with Gasteiger partial charge in [-0.25, -0.2) is 13.8 Å². The molecular formula is C19H23F2N5O2. The highest BCUT2D eigenvalue weighted by atomic mass is 19.1.